The number of hydrogen-bond donors (Lipinski definition) is 0. The molecule has 134 valence electrons. The second kappa shape index (κ2) is 6.64. The van der Waals surface area contributed by atoms with Gasteiger partial charge in [-0.15, -0.1) is 0 Å². The Bertz CT molecular complexity index is 968. The van der Waals surface area contributed by atoms with Gasteiger partial charge in [0.2, 0.25) is 0 Å². The van der Waals surface area contributed by atoms with Crippen molar-refractivity contribution in [1.29, 1.82) is 0 Å². The van der Waals surface area contributed by atoms with Crippen molar-refractivity contribution in [2.24, 2.45) is 14.1 Å². The summed E-state index contributed by atoms with van der Waals surface area (Å²) in [6.45, 7) is 4.71. The summed E-state index contributed by atoms with van der Waals surface area (Å²) in [6, 6.07) is 13.3. The van der Waals surface area contributed by atoms with Crippen molar-refractivity contribution in [3.8, 4) is 0 Å². The second-order valence-electron chi connectivity index (χ2n) is 7.65. The van der Waals surface area contributed by atoms with E-state index in [1.807, 2.05) is 6.20 Å². The van der Waals surface area contributed by atoms with Crippen LogP contribution in [-0.2, 0) is 14.1 Å². The average molecular weight is 345 g/mol. The highest BCUT2D eigenvalue weighted by atomic mass is 15.0. The van der Waals surface area contributed by atoms with E-state index in [9.17, 15) is 0 Å². The SMILES string of the molecule is CC(CCC(C)c1ccnc2c1ccn2C)c1cccc2c1ccn2C. The maximum absolute atomic E-state index is 4.52. The van der Waals surface area contributed by atoms with Crippen LogP contribution in [0.25, 0.3) is 21.9 Å². The van der Waals surface area contributed by atoms with Crippen molar-refractivity contribution in [3.05, 3.63) is 66.1 Å². The van der Waals surface area contributed by atoms with Gasteiger partial charge in [0.15, 0.2) is 0 Å². The molecule has 0 N–H and O–H groups in total. The zero-order valence-electron chi connectivity index (χ0n) is 16.1. The number of rotatable bonds is 5. The van der Waals surface area contributed by atoms with Gasteiger partial charge in [0, 0.05) is 49.0 Å². The molecule has 0 bridgehead atoms. The lowest BCUT2D eigenvalue weighted by atomic mass is 9.87. The van der Waals surface area contributed by atoms with Crippen LogP contribution in [0.5, 0.6) is 0 Å². The summed E-state index contributed by atoms with van der Waals surface area (Å²) in [7, 11) is 4.18. The van der Waals surface area contributed by atoms with Crippen LogP contribution in [0.4, 0.5) is 0 Å². The smallest absolute Gasteiger partial charge is 0.139 e. The Morgan fingerprint density at radius 3 is 2.23 bits per heavy atom. The van der Waals surface area contributed by atoms with E-state index in [1.165, 1.54) is 40.3 Å². The number of benzene rings is 1. The molecular formula is C23H27N3. The molecule has 3 heteroatoms. The Hall–Kier alpha value is -2.55. The minimum atomic E-state index is 0.528. The highest BCUT2D eigenvalue weighted by Gasteiger charge is 2.15. The Morgan fingerprint density at radius 1 is 0.808 bits per heavy atom. The number of hydrogen-bond acceptors (Lipinski definition) is 1. The van der Waals surface area contributed by atoms with Gasteiger partial charge in [0.25, 0.3) is 0 Å². The van der Waals surface area contributed by atoms with Crippen molar-refractivity contribution in [2.75, 3.05) is 0 Å². The Balaban J connectivity index is 1.54. The van der Waals surface area contributed by atoms with E-state index in [4.69, 9.17) is 0 Å². The van der Waals surface area contributed by atoms with Crippen molar-refractivity contribution in [1.82, 2.24) is 14.1 Å². The van der Waals surface area contributed by atoms with Crippen molar-refractivity contribution >= 4 is 21.9 Å². The fraction of sp³-hybridized carbons (Fsp3) is 0.348. The Kier molecular flexibility index (Phi) is 4.31. The molecule has 2 unspecified atom stereocenters. The lowest BCUT2D eigenvalue weighted by Gasteiger charge is -2.18. The van der Waals surface area contributed by atoms with E-state index in [2.05, 4.69) is 90.9 Å². The van der Waals surface area contributed by atoms with Gasteiger partial charge in [-0.05, 0) is 60.1 Å². The molecule has 0 aliphatic heterocycles. The van der Waals surface area contributed by atoms with Crippen LogP contribution in [0, 0.1) is 0 Å². The largest absolute Gasteiger partial charge is 0.351 e. The van der Waals surface area contributed by atoms with E-state index < -0.39 is 0 Å². The standard InChI is InChI=1S/C23H27N3/c1-16(18-6-5-7-22-20(18)11-14-25(22)3)8-9-17(2)19-10-13-24-23-21(19)12-15-26(23)4/h5-7,10-17H,8-9H2,1-4H3. The van der Waals surface area contributed by atoms with E-state index in [0.29, 0.717) is 11.8 Å². The van der Waals surface area contributed by atoms with Crippen LogP contribution in [-0.4, -0.2) is 14.1 Å². The lowest BCUT2D eigenvalue weighted by molar-refractivity contribution is 0.578. The molecule has 3 nitrogen and oxygen atoms in total. The summed E-state index contributed by atoms with van der Waals surface area (Å²) in [5.41, 5.74) is 5.29. The third-order valence-electron chi connectivity index (χ3n) is 5.86. The van der Waals surface area contributed by atoms with Gasteiger partial charge >= 0.3 is 0 Å². The highest BCUT2D eigenvalue weighted by Crippen LogP contribution is 2.33. The van der Waals surface area contributed by atoms with Crippen LogP contribution in [0.15, 0.2) is 55.0 Å². The van der Waals surface area contributed by atoms with E-state index in [0.717, 1.165) is 5.65 Å². The van der Waals surface area contributed by atoms with Gasteiger partial charge in [0.05, 0.1) is 0 Å². The summed E-state index contributed by atoms with van der Waals surface area (Å²) >= 11 is 0. The first kappa shape index (κ1) is 16.9. The quantitative estimate of drug-likeness (QED) is 0.451. The minimum Gasteiger partial charge on any atom is -0.351 e. The zero-order chi connectivity index (χ0) is 18.3. The Morgan fingerprint density at radius 2 is 1.46 bits per heavy atom. The molecule has 0 spiro atoms. The highest BCUT2D eigenvalue weighted by molar-refractivity contribution is 5.84. The monoisotopic (exact) mass is 345 g/mol. The molecule has 0 amide bonds. The minimum absolute atomic E-state index is 0.528. The van der Waals surface area contributed by atoms with Gasteiger partial charge in [0.1, 0.15) is 5.65 Å². The summed E-state index contributed by atoms with van der Waals surface area (Å²) in [5, 5.41) is 2.69. The first-order chi connectivity index (χ1) is 12.6. The first-order valence-electron chi connectivity index (χ1n) is 9.50. The molecule has 1 aromatic carbocycles. The molecule has 3 heterocycles. The van der Waals surface area contributed by atoms with Crippen molar-refractivity contribution in [3.63, 3.8) is 0 Å². The zero-order valence-corrected chi connectivity index (χ0v) is 16.1. The lowest BCUT2D eigenvalue weighted by Crippen LogP contribution is -2.01. The normalized spacial score (nSPS) is 14.2. The third kappa shape index (κ3) is 2.82. The molecular weight excluding hydrogens is 318 g/mol. The maximum Gasteiger partial charge on any atom is 0.139 e. The van der Waals surface area contributed by atoms with Gasteiger partial charge in [-0.3, -0.25) is 0 Å². The molecule has 0 saturated carbocycles. The second-order valence-corrected chi connectivity index (χ2v) is 7.65. The molecule has 0 aliphatic rings. The molecule has 0 aliphatic carbocycles. The van der Waals surface area contributed by atoms with Gasteiger partial charge < -0.3 is 9.13 Å². The van der Waals surface area contributed by atoms with E-state index in [1.54, 1.807) is 0 Å². The van der Waals surface area contributed by atoms with Crippen LogP contribution in [0.2, 0.25) is 0 Å². The van der Waals surface area contributed by atoms with Crippen LogP contribution in [0.3, 0.4) is 0 Å². The van der Waals surface area contributed by atoms with Gasteiger partial charge in [-0.1, -0.05) is 26.0 Å². The third-order valence-corrected chi connectivity index (χ3v) is 5.86. The van der Waals surface area contributed by atoms with Crippen LogP contribution >= 0.6 is 0 Å². The fourth-order valence-corrected chi connectivity index (χ4v) is 4.18. The summed E-state index contributed by atoms with van der Waals surface area (Å²) in [5.74, 6) is 1.08. The van der Waals surface area contributed by atoms with Gasteiger partial charge in [-0.2, -0.15) is 0 Å². The number of pyridine rings is 1. The number of aromatic nitrogens is 3. The molecule has 0 radical (unpaired) electrons. The topological polar surface area (TPSA) is 22.8 Å². The van der Waals surface area contributed by atoms with Crippen molar-refractivity contribution in [2.45, 2.75) is 38.5 Å². The predicted molar refractivity (Wildman–Crippen MR) is 110 cm³/mol. The predicted octanol–water partition coefficient (Wildman–Crippen LogP) is 5.75. The van der Waals surface area contributed by atoms with Gasteiger partial charge in [-0.25, -0.2) is 4.98 Å². The molecule has 0 fully saturated rings. The van der Waals surface area contributed by atoms with Crippen LogP contribution < -0.4 is 0 Å². The van der Waals surface area contributed by atoms with Crippen molar-refractivity contribution < 1.29 is 0 Å². The molecule has 2 atom stereocenters. The summed E-state index contributed by atoms with van der Waals surface area (Å²) in [4.78, 5) is 4.52. The molecule has 26 heavy (non-hydrogen) atoms. The number of nitrogens with zero attached hydrogens (tertiary/aromatic N) is 3. The molecule has 0 saturated heterocycles. The van der Waals surface area contributed by atoms with Crippen LogP contribution in [0.1, 0.15) is 49.7 Å². The average Bonchev–Trinajstić information content (AvgIpc) is 3.23. The van der Waals surface area contributed by atoms with E-state index >= 15 is 0 Å². The summed E-state index contributed by atoms with van der Waals surface area (Å²) < 4.78 is 4.31. The number of aryl methyl sites for hydroxylation is 2. The first-order valence-corrected chi connectivity index (χ1v) is 9.50. The Labute approximate surface area is 155 Å². The maximum atomic E-state index is 4.52. The molecule has 4 rings (SSSR count). The molecule has 3 aromatic heterocycles. The van der Waals surface area contributed by atoms with E-state index in [-0.39, 0.29) is 0 Å². The summed E-state index contributed by atoms with van der Waals surface area (Å²) in [6.07, 6.45) is 8.58. The molecule has 4 aromatic rings. The number of fused-ring (bicyclic) bond motifs is 2. The fourth-order valence-electron chi connectivity index (χ4n) is 4.18.